The first kappa shape index (κ1) is 20.8. The van der Waals surface area contributed by atoms with E-state index in [0.29, 0.717) is 5.92 Å². The lowest BCUT2D eigenvalue weighted by molar-refractivity contribution is 0.121. The average molecular weight is 429 g/mol. The molecule has 3 heterocycles. The van der Waals surface area contributed by atoms with E-state index >= 15 is 0 Å². The van der Waals surface area contributed by atoms with Gasteiger partial charge in [-0.3, -0.25) is 4.57 Å². The summed E-state index contributed by atoms with van der Waals surface area (Å²) in [5.41, 5.74) is 0.983. The van der Waals surface area contributed by atoms with Crippen molar-refractivity contribution >= 4 is 17.7 Å². The largest absolute Gasteiger partial charge is 0.378 e. The van der Waals surface area contributed by atoms with Crippen molar-refractivity contribution in [3.63, 3.8) is 0 Å². The van der Waals surface area contributed by atoms with E-state index in [9.17, 15) is 0 Å². The molecule has 0 unspecified atom stereocenters. The van der Waals surface area contributed by atoms with Gasteiger partial charge < -0.3 is 9.64 Å². The number of aryl methyl sites for hydroxylation is 1. The summed E-state index contributed by atoms with van der Waals surface area (Å²) < 4.78 is 9.55. The minimum absolute atomic E-state index is 0.524. The molecule has 0 aliphatic carbocycles. The van der Waals surface area contributed by atoms with E-state index in [4.69, 9.17) is 4.74 Å². The normalized spacial score (nSPS) is 14.6. The van der Waals surface area contributed by atoms with E-state index in [1.807, 2.05) is 35.0 Å². The molecule has 0 atom stereocenters. The molecule has 10 heteroatoms. The Labute approximate surface area is 180 Å². The van der Waals surface area contributed by atoms with Gasteiger partial charge in [-0.25, -0.2) is 0 Å². The van der Waals surface area contributed by atoms with Gasteiger partial charge in [-0.2, -0.15) is 4.68 Å². The summed E-state index contributed by atoms with van der Waals surface area (Å²) in [6, 6.07) is 9.99. The second-order valence-electron chi connectivity index (χ2n) is 7.68. The summed E-state index contributed by atoms with van der Waals surface area (Å²) in [5, 5.41) is 22.2. The van der Waals surface area contributed by atoms with Crippen LogP contribution in [-0.4, -0.2) is 67.0 Å². The Kier molecular flexibility index (Phi) is 6.96. The van der Waals surface area contributed by atoms with Crippen LogP contribution in [0.15, 0.2) is 35.5 Å². The Bertz CT molecular complexity index is 920. The number of para-hydroxylation sites is 1. The summed E-state index contributed by atoms with van der Waals surface area (Å²) in [7, 11) is 0. The van der Waals surface area contributed by atoms with E-state index in [1.165, 1.54) is 0 Å². The summed E-state index contributed by atoms with van der Waals surface area (Å²) in [5.74, 6) is 3.29. The average Bonchev–Trinajstić information content (AvgIpc) is 3.39. The van der Waals surface area contributed by atoms with Gasteiger partial charge in [-0.1, -0.05) is 43.8 Å². The Balaban J connectivity index is 1.37. The molecule has 2 aromatic heterocycles. The van der Waals surface area contributed by atoms with Crippen LogP contribution < -0.4 is 4.90 Å². The molecule has 0 bridgehead atoms. The fourth-order valence-electron chi connectivity index (χ4n) is 3.44. The smallest absolute Gasteiger partial charge is 0.228 e. The first-order chi connectivity index (χ1) is 14.7. The minimum Gasteiger partial charge on any atom is -0.378 e. The van der Waals surface area contributed by atoms with E-state index in [2.05, 4.69) is 49.0 Å². The van der Waals surface area contributed by atoms with Gasteiger partial charge in [0.05, 0.1) is 18.9 Å². The SMILES string of the molecule is CC(C)Cn1c(SCCCc2nnnn2-c2ccccc2)nnc1N1CCOCC1. The lowest BCUT2D eigenvalue weighted by Gasteiger charge is -2.28. The molecule has 160 valence electrons. The van der Waals surface area contributed by atoms with Crippen LogP contribution in [0.25, 0.3) is 5.69 Å². The second-order valence-corrected chi connectivity index (χ2v) is 8.74. The predicted molar refractivity (Wildman–Crippen MR) is 116 cm³/mol. The fourth-order valence-corrected chi connectivity index (χ4v) is 4.32. The van der Waals surface area contributed by atoms with Gasteiger partial charge in [0.2, 0.25) is 5.95 Å². The van der Waals surface area contributed by atoms with Gasteiger partial charge in [-0.15, -0.1) is 15.3 Å². The number of hydrogen-bond donors (Lipinski definition) is 0. The van der Waals surface area contributed by atoms with Crippen molar-refractivity contribution in [1.29, 1.82) is 0 Å². The Hall–Kier alpha value is -2.46. The Morgan fingerprint density at radius 1 is 1.07 bits per heavy atom. The zero-order chi connectivity index (χ0) is 20.8. The molecule has 1 aliphatic rings. The Morgan fingerprint density at radius 3 is 2.63 bits per heavy atom. The molecule has 0 amide bonds. The van der Waals surface area contributed by atoms with Crippen LogP contribution in [0, 0.1) is 5.92 Å². The Morgan fingerprint density at radius 2 is 1.87 bits per heavy atom. The molecule has 1 aromatic carbocycles. The summed E-state index contributed by atoms with van der Waals surface area (Å²) >= 11 is 1.75. The van der Waals surface area contributed by atoms with Crippen LogP contribution in [0.4, 0.5) is 5.95 Å². The molecule has 1 aliphatic heterocycles. The van der Waals surface area contributed by atoms with Crippen molar-refractivity contribution < 1.29 is 4.74 Å². The van der Waals surface area contributed by atoms with Crippen LogP contribution in [0.5, 0.6) is 0 Å². The molecule has 9 nitrogen and oxygen atoms in total. The number of anilines is 1. The van der Waals surface area contributed by atoms with Crippen LogP contribution in [0.2, 0.25) is 0 Å². The third-order valence-electron chi connectivity index (χ3n) is 4.85. The summed E-state index contributed by atoms with van der Waals surface area (Å²) in [6.45, 7) is 8.57. The van der Waals surface area contributed by atoms with E-state index in [0.717, 1.165) is 74.1 Å². The quantitative estimate of drug-likeness (QED) is 0.379. The number of nitrogens with zero attached hydrogens (tertiary/aromatic N) is 8. The van der Waals surface area contributed by atoms with Crippen molar-refractivity contribution in [2.75, 3.05) is 37.0 Å². The maximum absolute atomic E-state index is 5.48. The molecule has 3 aromatic rings. The standard InChI is InChI=1S/C20H28N8OS/c1-16(2)15-27-19(26-10-12-29-13-11-26)22-23-20(27)30-14-6-9-18-21-24-25-28(18)17-7-4-3-5-8-17/h3-5,7-8,16H,6,9-15H2,1-2H3. The maximum Gasteiger partial charge on any atom is 0.228 e. The van der Waals surface area contributed by atoms with E-state index in [-0.39, 0.29) is 0 Å². The lowest BCUT2D eigenvalue weighted by atomic mass is 10.2. The maximum atomic E-state index is 5.48. The van der Waals surface area contributed by atoms with Crippen molar-refractivity contribution in [3.05, 3.63) is 36.2 Å². The highest BCUT2D eigenvalue weighted by Crippen LogP contribution is 2.25. The van der Waals surface area contributed by atoms with Crippen molar-refractivity contribution in [2.24, 2.45) is 5.92 Å². The molecular formula is C20H28N8OS. The number of thioether (sulfide) groups is 1. The van der Waals surface area contributed by atoms with E-state index < -0.39 is 0 Å². The highest BCUT2D eigenvalue weighted by atomic mass is 32.2. The topological polar surface area (TPSA) is 86.8 Å². The van der Waals surface area contributed by atoms with Gasteiger partial charge in [0.1, 0.15) is 0 Å². The number of rotatable bonds is 9. The first-order valence-corrected chi connectivity index (χ1v) is 11.4. The third kappa shape index (κ3) is 4.99. The highest BCUT2D eigenvalue weighted by molar-refractivity contribution is 7.99. The van der Waals surface area contributed by atoms with Crippen LogP contribution in [0.3, 0.4) is 0 Å². The molecule has 1 fully saturated rings. The fraction of sp³-hybridized carbons (Fsp3) is 0.550. The van der Waals surface area contributed by atoms with Crippen molar-refractivity contribution in [2.45, 2.75) is 38.4 Å². The second kappa shape index (κ2) is 10.0. The zero-order valence-corrected chi connectivity index (χ0v) is 18.3. The number of benzene rings is 1. The summed E-state index contributed by atoms with van der Waals surface area (Å²) in [6.07, 6.45) is 1.77. The number of tetrazole rings is 1. The first-order valence-electron chi connectivity index (χ1n) is 10.4. The van der Waals surface area contributed by atoms with Crippen LogP contribution >= 0.6 is 11.8 Å². The van der Waals surface area contributed by atoms with Crippen LogP contribution in [0.1, 0.15) is 26.1 Å². The summed E-state index contributed by atoms with van der Waals surface area (Å²) in [4.78, 5) is 2.27. The number of ether oxygens (including phenoxy) is 1. The third-order valence-corrected chi connectivity index (χ3v) is 5.90. The van der Waals surface area contributed by atoms with Crippen molar-refractivity contribution in [3.8, 4) is 5.69 Å². The molecule has 0 radical (unpaired) electrons. The molecule has 0 spiro atoms. The molecule has 0 N–H and O–H groups in total. The van der Waals surface area contributed by atoms with Gasteiger partial charge in [0.15, 0.2) is 11.0 Å². The van der Waals surface area contributed by atoms with E-state index in [1.54, 1.807) is 11.8 Å². The molecular weight excluding hydrogens is 400 g/mol. The molecule has 30 heavy (non-hydrogen) atoms. The monoisotopic (exact) mass is 428 g/mol. The minimum atomic E-state index is 0.524. The van der Waals surface area contributed by atoms with Gasteiger partial charge in [-0.05, 0) is 34.9 Å². The van der Waals surface area contributed by atoms with Gasteiger partial charge >= 0.3 is 0 Å². The van der Waals surface area contributed by atoms with Crippen molar-refractivity contribution in [1.82, 2.24) is 35.0 Å². The molecule has 1 saturated heterocycles. The highest BCUT2D eigenvalue weighted by Gasteiger charge is 2.21. The molecule has 4 rings (SSSR count). The van der Waals surface area contributed by atoms with Crippen LogP contribution in [-0.2, 0) is 17.7 Å². The van der Waals surface area contributed by atoms with Gasteiger partial charge in [0.25, 0.3) is 0 Å². The number of aromatic nitrogens is 7. The number of hydrogen-bond acceptors (Lipinski definition) is 8. The van der Waals surface area contributed by atoms with Gasteiger partial charge in [0, 0.05) is 31.8 Å². The number of morpholine rings is 1. The zero-order valence-electron chi connectivity index (χ0n) is 17.5. The lowest BCUT2D eigenvalue weighted by Crippen LogP contribution is -2.38. The predicted octanol–water partition coefficient (Wildman–Crippen LogP) is 2.47. The molecule has 0 saturated carbocycles.